The predicted molar refractivity (Wildman–Crippen MR) is 103 cm³/mol. The van der Waals surface area contributed by atoms with E-state index in [1.165, 1.54) is 12.2 Å². The van der Waals surface area contributed by atoms with Crippen LogP contribution in [-0.4, -0.2) is 31.7 Å². The molecule has 8 heteroatoms. The number of ether oxygens (including phenoxy) is 3. The van der Waals surface area contributed by atoms with Gasteiger partial charge in [-0.3, -0.25) is 4.79 Å². The summed E-state index contributed by atoms with van der Waals surface area (Å²) >= 11 is 11.7. The van der Waals surface area contributed by atoms with Crippen molar-refractivity contribution in [1.82, 2.24) is 0 Å². The van der Waals surface area contributed by atoms with Crippen LogP contribution in [0.25, 0.3) is 6.08 Å². The summed E-state index contributed by atoms with van der Waals surface area (Å²) in [6.45, 7) is 0.524. The van der Waals surface area contributed by atoms with Gasteiger partial charge in [0.05, 0.1) is 10.0 Å². The SMILES string of the molecule is O=C(COC(=O)/C=C/c1ccc(Cl)c(Cl)c1)Nc1ccc2c(c1)OCCO2. The third kappa shape index (κ3) is 5.39. The van der Waals surface area contributed by atoms with Crippen molar-refractivity contribution >= 4 is 46.8 Å². The van der Waals surface area contributed by atoms with Gasteiger partial charge in [0.2, 0.25) is 0 Å². The highest BCUT2D eigenvalue weighted by Crippen LogP contribution is 2.32. The molecule has 0 saturated heterocycles. The molecular formula is C19H15Cl2NO5. The predicted octanol–water partition coefficient (Wildman–Crippen LogP) is 3.96. The highest BCUT2D eigenvalue weighted by molar-refractivity contribution is 6.42. The van der Waals surface area contributed by atoms with Crippen LogP contribution in [-0.2, 0) is 14.3 Å². The fraction of sp³-hybridized carbons (Fsp3) is 0.158. The highest BCUT2D eigenvalue weighted by Gasteiger charge is 2.13. The molecule has 1 aliphatic rings. The van der Waals surface area contributed by atoms with Gasteiger partial charge in [-0.05, 0) is 35.9 Å². The summed E-state index contributed by atoms with van der Waals surface area (Å²) in [6.07, 6.45) is 2.72. The second-order valence-corrected chi connectivity index (χ2v) is 6.34. The minimum atomic E-state index is -0.654. The lowest BCUT2D eigenvalue weighted by Gasteiger charge is -2.18. The lowest BCUT2D eigenvalue weighted by molar-refractivity contribution is -0.142. The molecule has 2 aromatic rings. The van der Waals surface area contributed by atoms with Crippen molar-refractivity contribution in [3.63, 3.8) is 0 Å². The number of nitrogens with one attached hydrogen (secondary N) is 1. The number of hydrogen-bond acceptors (Lipinski definition) is 5. The molecule has 1 aliphatic heterocycles. The summed E-state index contributed by atoms with van der Waals surface area (Å²) in [6, 6.07) is 9.97. The first-order valence-corrected chi connectivity index (χ1v) is 8.76. The minimum Gasteiger partial charge on any atom is -0.486 e. The molecule has 2 aromatic carbocycles. The maximum Gasteiger partial charge on any atom is 0.331 e. The number of carbonyl (C=O) groups is 2. The Labute approximate surface area is 165 Å². The van der Waals surface area contributed by atoms with Gasteiger partial charge in [0.1, 0.15) is 13.2 Å². The number of halogens is 2. The highest BCUT2D eigenvalue weighted by atomic mass is 35.5. The van der Waals surface area contributed by atoms with Crippen molar-refractivity contribution < 1.29 is 23.8 Å². The van der Waals surface area contributed by atoms with E-state index in [1.807, 2.05) is 0 Å². The van der Waals surface area contributed by atoms with Crippen LogP contribution in [0.15, 0.2) is 42.5 Å². The van der Waals surface area contributed by atoms with Gasteiger partial charge >= 0.3 is 5.97 Å². The number of amides is 1. The van der Waals surface area contributed by atoms with Crippen molar-refractivity contribution in [3.05, 3.63) is 58.1 Å². The molecule has 0 fully saturated rings. The third-order valence-corrected chi connectivity index (χ3v) is 4.27. The molecule has 0 aliphatic carbocycles. The molecule has 1 N–H and O–H groups in total. The smallest absolute Gasteiger partial charge is 0.331 e. The second-order valence-electron chi connectivity index (χ2n) is 5.52. The van der Waals surface area contributed by atoms with Gasteiger partial charge in [0.25, 0.3) is 5.91 Å². The average molecular weight is 408 g/mol. The van der Waals surface area contributed by atoms with Gasteiger partial charge in [-0.1, -0.05) is 29.3 Å². The van der Waals surface area contributed by atoms with Crippen molar-refractivity contribution in [2.45, 2.75) is 0 Å². The Morgan fingerprint density at radius 3 is 2.59 bits per heavy atom. The van der Waals surface area contributed by atoms with Crippen LogP contribution in [0.4, 0.5) is 5.69 Å². The molecule has 0 aromatic heterocycles. The van der Waals surface area contributed by atoms with Gasteiger partial charge < -0.3 is 19.5 Å². The van der Waals surface area contributed by atoms with E-state index in [2.05, 4.69) is 5.32 Å². The summed E-state index contributed by atoms with van der Waals surface area (Å²) in [5, 5.41) is 3.43. The van der Waals surface area contributed by atoms with E-state index in [-0.39, 0.29) is 0 Å². The number of anilines is 1. The van der Waals surface area contributed by atoms with Crippen molar-refractivity contribution in [2.75, 3.05) is 25.1 Å². The Morgan fingerprint density at radius 2 is 1.81 bits per heavy atom. The second kappa shape index (κ2) is 8.79. The standard InChI is InChI=1S/C19H15Cl2NO5/c20-14-4-1-12(9-15(14)21)2-6-19(24)27-11-18(23)22-13-3-5-16-17(10-13)26-8-7-25-16/h1-6,9-10H,7-8,11H2,(H,22,23)/b6-2+. The van der Waals surface area contributed by atoms with Crippen LogP contribution in [0.5, 0.6) is 11.5 Å². The fourth-order valence-electron chi connectivity index (χ4n) is 2.28. The zero-order valence-electron chi connectivity index (χ0n) is 14.0. The largest absolute Gasteiger partial charge is 0.486 e. The van der Waals surface area contributed by atoms with Gasteiger partial charge in [-0.2, -0.15) is 0 Å². The molecule has 27 heavy (non-hydrogen) atoms. The summed E-state index contributed by atoms with van der Waals surface area (Å²) in [7, 11) is 0. The van der Waals surface area contributed by atoms with Crippen LogP contribution in [0.2, 0.25) is 10.0 Å². The molecule has 6 nitrogen and oxygen atoms in total. The average Bonchev–Trinajstić information content (AvgIpc) is 2.67. The van der Waals surface area contributed by atoms with E-state index < -0.39 is 18.5 Å². The molecular weight excluding hydrogens is 393 g/mol. The molecule has 140 valence electrons. The minimum absolute atomic E-state index is 0.381. The van der Waals surface area contributed by atoms with E-state index in [0.29, 0.717) is 46.0 Å². The number of rotatable bonds is 5. The van der Waals surface area contributed by atoms with Gasteiger partial charge in [-0.25, -0.2) is 4.79 Å². The summed E-state index contributed by atoms with van der Waals surface area (Å²) in [5.41, 5.74) is 1.20. The van der Waals surface area contributed by atoms with Gasteiger partial charge in [0.15, 0.2) is 18.1 Å². The Kier molecular flexibility index (Phi) is 6.21. The maximum absolute atomic E-state index is 11.9. The van der Waals surface area contributed by atoms with Crippen LogP contribution >= 0.6 is 23.2 Å². The first kappa shape index (κ1) is 19.1. The van der Waals surface area contributed by atoms with E-state index in [4.69, 9.17) is 37.4 Å². The number of benzene rings is 2. The first-order valence-electron chi connectivity index (χ1n) is 8.00. The number of esters is 1. The number of fused-ring (bicyclic) bond motifs is 1. The molecule has 1 heterocycles. The fourth-order valence-corrected chi connectivity index (χ4v) is 2.59. The Morgan fingerprint density at radius 1 is 1.04 bits per heavy atom. The summed E-state index contributed by atoms with van der Waals surface area (Å²) < 4.78 is 15.8. The monoisotopic (exact) mass is 407 g/mol. The topological polar surface area (TPSA) is 73.9 Å². The number of carbonyl (C=O) groups excluding carboxylic acids is 2. The number of hydrogen-bond donors (Lipinski definition) is 1. The van der Waals surface area contributed by atoms with Crippen LogP contribution in [0.1, 0.15) is 5.56 Å². The van der Waals surface area contributed by atoms with E-state index in [9.17, 15) is 9.59 Å². The molecule has 0 bridgehead atoms. The van der Waals surface area contributed by atoms with Crippen LogP contribution in [0, 0.1) is 0 Å². The van der Waals surface area contributed by atoms with E-state index in [0.717, 1.165) is 0 Å². The zero-order chi connectivity index (χ0) is 19.2. The Bertz CT molecular complexity index is 898. The van der Waals surface area contributed by atoms with Crippen LogP contribution in [0.3, 0.4) is 0 Å². The maximum atomic E-state index is 11.9. The molecule has 0 saturated carbocycles. The Balaban J connectivity index is 1.49. The molecule has 0 atom stereocenters. The zero-order valence-corrected chi connectivity index (χ0v) is 15.5. The van der Waals surface area contributed by atoms with Crippen molar-refractivity contribution in [1.29, 1.82) is 0 Å². The molecule has 3 rings (SSSR count). The van der Waals surface area contributed by atoms with Crippen molar-refractivity contribution in [3.8, 4) is 11.5 Å². The Hall–Kier alpha value is -2.70. The van der Waals surface area contributed by atoms with E-state index in [1.54, 1.807) is 36.4 Å². The first-order chi connectivity index (χ1) is 13.0. The van der Waals surface area contributed by atoms with Gasteiger partial charge in [0, 0.05) is 17.8 Å². The molecule has 1 amide bonds. The lowest BCUT2D eigenvalue weighted by Crippen LogP contribution is -2.20. The quantitative estimate of drug-likeness (QED) is 0.599. The van der Waals surface area contributed by atoms with Crippen LogP contribution < -0.4 is 14.8 Å². The molecule has 0 radical (unpaired) electrons. The molecule has 0 spiro atoms. The summed E-state index contributed by atoms with van der Waals surface area (Å²) in [5.74, 6) is 0.0556. The van der Waals surface area contributed by atoms with Crippen molar-refractivity contribution in [2.24, 2.45) is 0 Å². The lowest BCUT2D eigenvalue weighted by atomic mass is 10.2. The third-order valence-electron chi connectivity index (χ3n) is 3.53. The van der Waals surface area contributed by atoms with Gasteiger partial charge in [-0.15, -0.1) is 0 Å². The molecule has 0 unspecified atom stereocenters. The van der Waals surface area contributed by atoms with E-state index >= 15 is 0 Å². The summed E-state index contributed by atoms with van der Waals surface area (Å²) in [4.78, 5) is 23.7. The normalized spacial score (nSPS) is 12.7.